The van der Waals surface area contributed by atoms with Gasteiger partial charge in [0.25, 0.3) is 5.91 Å². The lowest BCUT2D eigenvalue weighted by molar-refractivity contribution is 0.0954. The summed E-state index contributed by atoms with van der Waals surface area (Å²) in [4.78, 5) is 12.4. The summed E-state index contributed by atoms with van der Waals surface area (Å²) in [6, 6.07) is 14.2. The third-order valence-corrected chi connectivity index (χ3v) is 6.20. The zero-order valence-electron chi connectivity index (χ0n) is 14.8. The van der Waals surface area contributed by atoms with Gasteiger partial charge in [0, 0.05) is 31.8 Å². The topological polar surface area (TPSA) is 78.8 Å². The summed E-state index contributed by atoms with van der Waals surface area (Å²) in [5, 5.41) is 4.24. The zero-order valence-corrected chi connectivity index (χ0v) is 15.6. The number of carbonyl (C=O) groups is 1. The lowest BCUT2D eigenvalue weighted by atomic mass is 9.90. The number of hydrazone groups is 1. The van der Waals surface area contributed by atoms with Crippen LogP contribution in [-0.4, -0.2) is 38.4 Å². The summed E-state index contributed by atoms with van der Waals surface area (Å²) in [5.41, 5.74) is 6.26. The maximum absolute atomic E-state index is 12.4. The molecule has 0 bridgehead atoms. The number of benzene rings is 2. The van der Waals surface area contributed by atoms with Crippen LogP contribution < -0.4 is 5.43 Å². The molecule has 0 unspecified atom stereocenters. The first-order valence-electron chi connectivity index (χ1n) is 8.33. The van der Waals surface area contributed by atoms with E-state index in [0.29, 0.717) is 6.42 Å². The number of rotatable bonds is 4. The van der Waals surface area contributed by atoms with Crippen molar-refractivity contribution >= 4 is 21.6 Å². The lowest BCUT2D eigenvalue weighted by Gasteiger charge is -2.17. The molecule has 3 rings (SSSR count). The van der Waals surface area contributed by atoms with Gasteiger partial charge in [0.1, 0.15) is 0 Å². The monoisotopic (exact) mass is 371 g/mol. The summed E-state index contributed by atoms with van der Waals surface area (Å²) in [6.07, 6.45) is 2.42. The lowest BCUT2D eigenvalue weighted by Crippen LogP contribution is -2.24. The summed E-state index contributed by atoms with van der Waals surface area (Å²) in [7, 11) is -0.678. The number of nitrogens with one attached hydrogen (secondary N) is 1. The molecule has 1 N–H and O–H groups in total. The van der Waals surface area contributed by atoms with E-state index in [1.165, 1.54) is 37.4 Å². The number of hydrogen-bond donors (Lipinski definition) is 1. The summed E-state index contributed by atoms with van der Waals surface area (Å²) in [5.74, 6) is -0.424. The molecule has 26 heavy (non-hydrogen) atoms. The predicted octanol–water partition coefficient (Wildman–Crippen LogP) is 2.21. The number of fused-ring (bicyclic) bond motifs is 1. The van der Waals surface area contributed by atoms with Crippen molar-refractivity contribution < 1.29 is 13.2 Å². The normalized spacial score (nSPS) is 15.7. The van der Waals surface area contributed by atoms with Crippen LogP contribution in [0.15, 0.2) is 58.5 Å². The maximum Gasteiger partial charge on any atom is 0.271 e. The van der Waals surface area contributed by atoms with Crippen molar-refractivity contribution in [3.05, 3.63) is 65.2 Å². The van der Waals surface area contributed by atoms with Gasteiger partial charge in [0.05, 0.1) is 4.90 Å². The van der Waals surface area contributed by atoms with Gasteiger partial charge in [-0.15, -0.1) is 0 Å². The van der Waals surface area contributed by atoms with Gasteiger partial charge in [-0.25, -0.2) is 18.1 Å². The van der Waals surface area contributed by atoms with E-state index in [9.17, 15) is 13.2 Å². The maximum atomic E-state index is 12.4. The first-order chi connectivity index (χ1) is 12.4. The molecular formula is C19H21N3O3S. The van der Waals surface area contributed by atoms with Crippen LogP contribution in [0.4, 0.5) is 0 Å². The SMILES string of the molecule is CN(C)S(=O)(=O)c1cccc(C(=O)N/N=C2/CCc3ccccc3C2)c1. The smallest absolute Gasteiger partial charge is 0.267 e. The molecule has 0 atom stereocenters. The van der Waals surface area contributed by atoms with Gasteiger partial charge < -0.3 is 0 Å². The van der Waals surface area contributed by atoms with E-state index in [1.807, 2.05) is 12.1 Å². The minimum atomic E-state index is -3.58. The summed E-state index contributed by atoms with van der Waals surface area (Å²) >= 11 is 0. The highest BCUT2D eigenvalue weighted by atomic mass is 32.2. The van der Waals surface area contributed by atoms with E-state index in [2.05, 4.69) is 22.7 Å². The van der Waals surface area contributed by atoms with Crippen LogP contribution in [0, 0.1) is 0 Å². The summed E-state index contributed by atoms with van der Waals surface area (Å²) in [6.45, 7) is 0. The quantitative estimate of drug-likeness (QED) is 0.837. The Morgan fingerprint density at radius 1 is 1.04 bits per heavy atom. The fourth-order valence-corrected chi connectivity index (χ4v) is 3.81. The molecule has 6 nitrogen and oxygen atoms in total. The Balaban J connectivity index is 1.73. The Morgan fingerprint density at radius 3 is 2.50 bits per heavy atom. The third kappa shape index (κ3) is 3.84. The second-order valence-electron chi connectivity index (χ2n) is 6.38. The van der Waals surface area contributed by atoms with Crippen molar-refractivity contribution in [2.75, 3.05) is 14.1 Å². The van der Waals surface area contributed by atoms with Gasteiger partial charge in [-0.1, -0.05) is 30.3 Å². The molecule has 0 saturated carbocycles. The average molecular weight is 371 g/mol. The Kier molecular flexibility index (Phi) is 5.20. The third-order valence-electron chi connectivity index (χ3n) is 4.39. The minimum Gasteiger partial charge on any atom is -0.267 e. The van der Waals surface area contributed by atoms with Gasteiger partial charge in [-0.3, -0.25) is 4.79 Å². The van der Waals surface area contributed by atoms with E-state index in [-0.39, 0.29) is 10.5 Å². The van der Waals surface area contributed by atoms with E-state index in [4.69, 9.17) is 0 Å². The molecule has 1 amide bonds. The zero-order chi connectivity index (χ0) is 18.7. The molecule has 0 aromatic heterocycles. The van der Waals surface area contributed by atoms with Crippen LogP contribution in [0.25, 0.3) is 0 Å². The summed E-state index contributed by atoms with van der Waals surface area (Å²) < 4.78 is 25.5. The van der Waals surface area contributed by atoms with E-state index < -0.39 is 15.9 Å². The van der Waals surface area contributed by atoms with Gasteiger partial charge in [-0.2, -0.15) is 5.10 Å². The average Bonchev–Trinajstić information content (AvgIpc) is 2.66. The van der Waals surface area contributed by atoms with Crippen LogP contribution in [0.5, 0.6) is 0 Å². The van der Waals surface area contributed by atoms with E-state index >= 15 is 0 Å². The second kappa shape index (κ2) is 7.39. The van der Waals surface area contributed by atoms with Crippen LogP contribution in [0.3, 0.4) is 0 Å². The molecule has 7 heteroatoms. The second-order valence-corrected chi connectivity index (χ2v) is 8.53. The molecule has 1 aliphatic carbocycles. The number of aryl methyl sites for hydroxylation is 1. The number of nitrogens with zero attached hydrogens (tertiary/aromatic N) is 2. The highest BCUT2D eigenvalue weighted by molar-refractivity contribution is 7.89. The molecule has 0 heterocycles. The molecule has 0 spiro atoms. The molecule has 0 aliphatic heterocycles. The number of carbonyl (C=O) groups excluding carboxylic acids is 1. The van der Waals surface area contributed by atoms with Crippen LogP contribution in [0.2, 0.25) is 0 Å². The first-order valence-corrected chi connectivity index (χ1v) is 9.77. The number of amides is 1. The Bertz CT molecular complexity index is 965. The fourth-order valence-electron chi connectivity index (χ4n) is 2.86. The van der Waals surface area contributed by atoms with Crippen molar-refractivity contribution in [3.63, 3.8) is 0 Å². The van der Waals surface area contributed by atoms with Crippen LogP contribution >= 0.6 is 0 Å². The van der Waals surface area contributed by atoms with Gasteiger partial charge in [0.2, 0.25) is 10.0 Å². The van der Waals surface area contributed by atoms with Gasteiger partial charge >= 0.3 is 0 Å². The molecule has 2 aromatic rings. The standard InChI is InChI=1S/C19H21N3O3S/c1-22(2)26(24,25)18-9-5-8-16(13-18)19(23)21-20-17-11-10-14-6-3-4-7-15(14)12-17/h3-9,13H,10-12H2,1-2H3,(H,21,23)/b20-17-. The van der Waals surface area contributed by atoms with Crippen LogP contribution in [-0.2, 0) is 22.9 Å². The fraction of sp³-hybridized carbons (Fsp3) is 0.263. The molecule has 0 saturated heterocycles. The van der Waals surface area contributed by atoms with Crippen molar-refractivity contribution in [2.24, 2.45) is 5.10 Å². The number of hydrogen-bond acceptors (Lipinski definition) is 4. The van der Waals surface area contributed by atoms with Gasteiger partial charge in [-0.05, 0) is 42.2 Å². The Morgan fingerprint density at radius 2 is 1.77 bits per heavy atom. The first kappa shape index (κ1) is 18.3. The molecule has 0 fully saturated rings. The molecule has 1 aliphatic rings. The van der Waals surface area contributed by atoms with Crippen molar-refractivity contribution in [1.29, 1.82) is 0 Å². The largest absolute Gasteiger partial charge is 0.271 e. The molecule has 0 radical (unpaired) electrons. The number of sulfonamides is 1. The predicted molar refractivity (Wildman–Crippen MR) is 101 cm³/mol. The Labute approximate surface area is 153 Å². The molecule has 2 aromatic carbocycles. The minimum absolute atomic E-state index is 0.0781. The van der Waals surface area contributed by atoms with E-state index in [1.54, 1.807) is 12.1 Å². The van der Waals surface area contributed by atoms with Crippen molar-refractivity contribution in [1.82, 2.24) is 9.73 Å². The highest BCUT2D eigenvalue weighted by Gasteiger charge is 2.19. The Hall–Kier alpha value is -2.51. The van der Waals surface area contributed by atoms with Crippen LogP contribution in [0.1, 0.15) is 27.9 Å². The van der Waals surface area contributed by atoms with Crippen molar-refractivity contribution in [3.8, 4) is 0 Å². The van der Waals surface area contributed by atoms with E-state index in [0.717, 1.165) is 22.9 Å². The van der Waals surface area contributed by atoms with Crippen molar-refractivity contribution in [2.45, 2.75) is 24.2 Å². The molecule has 136 valence electrons. The van der Waals surface area contributed by atoms with Gasteiger partial charge in [0.15, 0.2) is 0 Å². The highest BCUT2D eigenvalue weighted by Crippen LogP contribution is 2.19. The molecular weight excluding hydrogens is 350 g/mol.